The summed E-state index contributed by atoms with van der Waals surface area (Å²) in [4.78, 5) is 19.2. The molecule has 0 spiro atoms. The molecular weight excluding hydrogens is 282 g/mol. The van der Waals surface area contributed by atoms with Gasteiger partial charge in [-0.2, -0.15) is 15.2 Å². The van der Waals surface area contributed by atoms with E-state index in [-0.39, 0.29) is 5.56 Å². The van der Waals surface area contributed by atoms with E-state index in [0.717, 1.165) is 19.5 Å². The highest BCUT2D eigenvalue weighted by Gasteiger charge is 2.27. The van der Waals surface area contributed by atoms with Crippen molar-refractivity contribution in [2.24, 2.45) is 14.1 Å². The summed E-state index contributed by atoms with van der Waals surface area (Å²) in [5.74, 6) is 0.672. The number of rotatable bonds is 2. The third-order valence-electron chi connectivity index (χ3n) is 4.20. The van der Waals surface area contributed by atoms with E-state index in [1.807, 2.05) is 16.9 Å². The Morgan fingerprint density at radius 1 is 1.32 bits per heavy atom. The Morgan fingerprint density at radius 2 is 2.18 bits per heavy atom. The smallest absolute Gasteiger partial charge is 0.265 e. The van der Waals surface area contributed by atoms with Crippen molar-refractivity contribution in [2.75, 3.05) is 18.0 Å². The van der Waals surface area contributed by atoms with Crippen molar-refractivity contribution in [3.05, 3.63) is 35.0 Å². The lowest BCUT2D eigenvalue weighted by molar-refractivity contribution is 0.494. The zero-order chi connectivity index (χ0) is 15.3. The van der Waals surface area contributed by atoms with E-state index >= 15 is 0 Å². The lowest BCUT2D eigenvalue weighted by Crippen LogP contribution is -2.30. The maximum atomic E-state index is 12.5. The highest BCUT2D eigenvalue weighted by atomic mass is 16.1. The lowest BCUT2D eigenvalue weighted by Gasteiger charge is -2.19. The van der Waals surface area contributed by atoms with Crippen LogP contribution in [0.4, 0.5) is 5.95 Å². The normalized spacial score (nSPS) is 18.5. The zero-order valence-electron chi connectivity index (χ0n) is 12.5. The van der Waals surface area contributed by atoms with Gasteiger partial charge in [-0.05, 0) is 12.5 Å². The van der Waals surface area contributed by atoms with Crippen molar-refractivity contribution in [1.82, 2.24) is 29.1 Å². The summed E-state index contributed by atoms with van der Waals surface area (Å²) < 4.78 is 5.20. The lowest BCUT2D eigenvalue weighted by atomic mass is 10.3. The summed E-state index contributed by atoms with van der Waals surface area (Å²) in [6.45, 7) is 1.64. The number of hydrogen-bond donors (Lipinski definition) is 0. The van der Waals surface area contributed by atoms with E-state index in [4.69, 9.17) is 0 Å². The fourth-order valence-corrected chi connectivity index (χ4v) is 3.07. The van der Waals surface area contributed by atoms with Gasteiger partial charge in [-0.15, -0.1) is 0 Å². The number of hydrogen-bond acceptors (Lipinski definition) is 5. The molecule has 3 aromatic heterocycles. The first kappa shape index (κ1) is 13.1. The van der Waals surface area contributed by atoms with Crippen LogP contribution in [0.25, 0.3) is 11.0 Å². The van der Waals surface area contributed by atoms with Gasteiger partial charge in [0.2, 0.25) is 5.95 Å². The molecular formula is C14H17N7O. The van der Waals surface area contributed by atoms with Gasteiger partial charge in [0, 0.05) is 45.8 Å². The van der Waals surface area contributed by atoms with Gasteiger partial charge in [0.15, 0.2) is 5.65 Å². The van der Waals surface area contributed by atoms with Crippen LogP contribution in [0.15, 0.2) is 29.5 Å². The first-order chi connectivity index (χ1) is 10.6. The van der Waals surface area contributed by atoms with E-state index in [1.54, 1.807) is 35.7 Å². The summed E-state index contributed by atoms with van der Waals surface area (Å²) in [7, 11) is 3.56. The molecule has 1 fully saturated rings. The first-order valence-electron chi connectivity index (χ1n) is 7.28. The molecule has 1 unspecified atom stereocenters. The fraction of sp³-hybridized carbons (Fsp3) is 0.429. The minimum Gasteiger partial charge on any atom is -0.340 e. The zero-order valence-corrected chi connectivity index (χ0v) is 12.5. The third-order valence-corrected chi connectivity index (χ3v) is 4.20. The molecule has 0 bridgehead atoms. The predicted molar refractivity (Wildman–Crippen MR) is 81.8 cm³/mol. The molecule has 0 N–H and O–H groups in total. The van der Waals surface area contributed by atoms with Crippen LogP contribution in [0, 0.1) is 0 Å². The van der Waals surface area contributed by atoms with Crippen molar-refractivity contribution < 1.29 is 0 Å². The van der Waals surface area contributed by atoms with Crippen molar-refractivity contribution >= 4 is 17.0 Å². The van der Waals surface area contributed by atoms with Gasteiger partial charge in [0.25, 0.3) is 5.56 Å². The largest absolute Gasteiger partial charge is 0.340 e. The number of nitrogens with zero attached hydrogens (tertiary/aromatic N) is 7. The van der Waals surface area contributed by atoms with Crippen LogP contribution >= 0.6 is 0 Å². The Balaban J connectivity index is 1.72. The minimum atomic E-state index is -0.0596. The number of aromatic nitrogens is 6. The minimum absolute atomic E-state index is 0.0596. The van der Waals surface area contributed by atoms with Crippen LogP contribution < -0.4 is 10.5 Å². The van der Waals surface area contributed by atoms with Crippen LogP contribution in [0.1, 0.15) is 12.5 Å². The topological polar surface area (TPSA) is 73.8 Å². The average Bonchev–Trinajstić information content (AvgIpc) is 3.21. The number of aryl methyl sites for hydroxylation is 1. The van der Waals surface area contributed by atoms with Gasteiger partial charge in [0.1, 0.15) is 5.39 Å². The molecule has 1 atom stereocenters. The van der Waals surface area contributed by atoms with E-state index in [0.29, 0.717) is 23.0 Å². The second-order valence-electron chi connectivity index (χ2n) is 5.69. The molecule has 0 aromatic carbocycles. The highest BCUT2D eigenvalue weighted by Crippen LogP contribution is 2.25. The molecule has 0 saturated carbocycles. The molecule has 8 heteroatoms. The summed E-state index contributed by atoms with van der Waals surface area (Å²) in [6.07, 6.45) is 6.46. The molecule has 8 nitrogen and oxygen atoms in total. The highest BCUT2D eigenvalue weighted by molar-refractivity contribution is 5.74. The van der Waals surface area contributed by atoms with Gasteiger partial charge in [-0.1, -0.05) is 0 Å². The molecule has 0 aliphatic carbocycles. The molecule has 4 heterocycles. The maximum Gasteiger partial charge on any atom is 0.265 e. The Hall–Kier alpha value is -2.64. The van der Waals surface area contributed by atoms with Crippen LogP contribution in [-0.4, -0.2) is 42.2 Å². The van der Waals surface area contributed by atoms with E-state index in [9.17, 15) is 4.79 Å². The van der Waals surface area contributed by atoms with Crippen molar-refractivity contribution in [3.63, 3.8) is 0 Å². The molecule has 1 aliphatic heterocycles. The Morgan fingerprint density at radius 3 is 2.95 bits per heavy atom. The van der Waals surface area contributed by atoms with Crippen molar-refractivity contribution in [1.29, 1.82) is 0 Å². The molecule has 1 saturated heterocycles. The third kappa shape index (κ3) is 1.91. The molecule has 0 amide bonds. The fourth-order valence-electron chi connectivity index (χ4n) is 3.07. The summed E-state index contributed by atoms with van der Waals surface area (Å²) in [5, 5.41) is 9.12. The predicted octanol–water partition coefficient (Wildman–Crippen LogP) is 0.315. The van der Waals surface area contributed by atoms with Crippen molar-refractivity contribution in [2.45, 2.75) is 12.5 Å². The van der Waals surface area contributed by atoms with Gasteiger partial charge >= 0.3 is 0 Å². The van der Waals surface area contributed by atoms with Crippen LogP contribution in [0.2, 0.25) is 0 Å². The Bertz CT molecular complexity index is 877. The molecule has 0 radical (unpaired) electrons. The van der Waals surface area contributed by atoms with Gasteiger partial charge in [-0.25, -0.2) is 0 Å². The van der Waals surface area contributed by atoms with Crippen molar-refractivity contribution in [3.8, 4) is 0 Å². The summed E-state index contributed by atoms with van der Waals surface area (Å²) in [6, 6.07) is 2.24. The summed E-state index contributed by atoms with van der Waals surface area (Å²) >= 11 is 0. The number of anilines is 1. The maximum absolute atomic E-state index is 12.5. The van der Waals surface area contributed by atoms with Gasteiger partial charge in [-0.3, -0.25) is 18.7 Å². The Labute approximate surface area is 126 Å². The molecule has 22 heavy (non-hydrogen) atoms. The second-order valence-corrected chi connectivity index (χ2v) is 5.69. The number of fused-ring (bicyclic) bond motifs is 1. The molecule has 4 rings (SSSR count). The van der Waals surface area contributed by atoms with Gasteiger partial charge < -0.3 is 4.90 Å². The van der Waals surface area contributed by atoms with Crippen LogP contribution in [0.3, 0.4) is 0 Å². The van der Waals surface area contributed by atoms with E-state index in [1.165, 1.54) is 0 Å². The molecule has 1 aliphatic rings. The molecule has 3 aromatic rings. The first-order valence-corrected chi connectivity index (χ1v) is 7.28. The van der Waals surface area contributed by atoms with Crippen LogP contribution in [0.5, 0.6) is 0 Å². The Kier molecular flexibility index (Phi) is 2.78. The standard InChI is InChI=1S/C14H17N7O/c1-18-9-11-12(17-18)16-14(19(2)13(11)22)20-7-4-10(8-20)21-6-3-5-15-21/h3,5-6,9-10H,4,7-8H2,1-2H3. The summed E-state index contributed by atoms with van der Waals surface area (Å²) in [5.41, 5.74) is 0.443. The SMILES string of the molecule is Cn1cc2c(=O)n(C)c(N3CCC(n4cccn4)C3)nc2n1. The average molecular weight is 299 g/mol. The molecule has 114 valence electrons. The monoisotopic (exact) mass is 299 g/mol. The quantitative estimate of drug-likeness (QED) is 0.681. The second kappa shape index (κ2) is 4.69. The van der Waals surface area contributed by atoms with Gasteiger partial charge in [0.05, 0.1) is 6.04 Å². The van der Waals surface area contributed by atoms with Crippen LogP contribution in [-0.2, 0) is 14.1 Å². The van der Waals surface area contributed by atoms with E-state index in [2.05, 4.69) is 20.1 Å². The van der Waals surface area contributed by atoms with E-state index < -0.39 is 0 Å².